The Hall–Kier alpha value is -1.01. The molecule has 118 valence electrons. The summed E-state index contributed by atoms with van der Waals surface area (Å²) in [6.07, 6.45) is 1.85. The molecule has 5 N–H and O–H groups in total. The van der Waals surface area contributed by atoms with E-state index in [9.17, 15) is 9.90 Å². The Morgan fingerprint density at radius 1 is 1.24 bits per heavy atom. The van der Waals surface area contributed by atoms with Gasteiger partial charge in [0.2, 0.25) is 0 Å². The van der Waals surface area contributed by atoms with Crippen molar-refractivity contribution < 1.29 is 15.0 Å². The lowest BCUT2D eigenvalue weighted by molar-refractivity contribution is -0.137. The number of unbranched alkanes of at least 4 members (excludes halogenated alkanes) is 2. The van der Waals surface area contributed by atoms with Crippen LogP contribution >= 0.6 is 23.2 Å². The number of anilines is 1. The first-order valence-electron chi connectivity index (χ1n) is 6.76. The molecule has 0 radical (unpaired) electrons. The van der Waals surface area contributed by atoms with Crippen molar-refractivity contribution in [2.45, 2.75) is 31.8 Å². The number of aliphatic hydroxyl groups is 1. The van der Waals surface area contributed by atoms with Gasteiger partial charge in [-0.2, -0.15) is 0 Å². The molecule has 0 aliphatic carbocycles. The fourth-order valence-electron chi connectivity index (χ4n) is 1.86. The van der Waals surface area contributed by atoms with Crippen LogP contribution in [0.2, 0.25) is 10.0 Å². The Labute approximate surface area is 134 Å². The van der Waals surface area contributed by atoms with Crippen LogP contribution in [0.1, 0.15) is 37.4 Å². The molecule has 0 heterocycles. The van der Waals surface area contributed by atoms with E-state index in [0.29, 0.717) is 40.8 Å². The van der Waals surface area contributed by atoms with Crippen LogP contribution in [0.25, 0.3) is 0 Å². The number of aliphatic hydroxyl groups excluding tert-OH is 1. The predicted octanol–water partition coefficient (Wildman–Crippen LogP) is 2.84. The van der Waals surface area contributed by atoms with Crippen LogP contribution in [0.15, 0.2) is 12.1 Å². The summed E-state index contributed by atoms with van der Waals surface area (Å²) in [5.41, 5.74) is 6.55. The molecule has 21 heavy (non-hydrogen) atoms. The number of halogens is 2. The zero-order valence-corrected chi connectivity index (χ0v) is 13.1. The fourth-order valence-corrected chi connectivity index (χ4v) is 2.36. The third-order valence-electron chi connectivity index (χ3n) is 3.07. The van der Waals surface area contributed by atoms with Crippen LogP contribution in [0, 0.1) is 0 Å². The first-order chi connectivity index (χ1) is 9.91. The molecule has 1 atom stereocenters. The second kappa shape index (κ2) is 9.10. The van der Waals surface area contributed by atoms with Gasteiger partial charge in [-0.3, -0.25) is 4.79 Å². The van der Waals surface area contributed by atoms with Crippen molar-refractivity contribution in [1.29, 1.82) is 0 Å². The molecule has 0 saturated heterocycles. The Morgan fingerprint density at radius 3 is 2.43 bits per heavy atom. The summed E-state index contributed by atoms with van der Waals surface area (Å²) in [6, 6.07) is 3.20. The van der Waals surface area contributed by atoms with Crippen molar-refractivity contribution in [2.75, 3.05) is 18.8 Å². The van der Waals surface area contributed by atoms with Gasteiger partial charge in [0.1, 0.15) is 0 Å². The molecule has 0 saturated carbocycles. The minimum absolute atomic E-state index is 0.199. The molecular weight excluding hydrogens is 315 g/mol. The largest absolute Gasteiger partial charge is 0.481 e. The number of rotatable bonds is 9. The Kier molecular flexibility index (Phi) is 7.82. The lowest BCUT2D eigenvalue weighted by Crippen LogP contribution is -2.22. The number of nitrogens with one attached hydrogen (secondary N) is 1. The van der Waals surface area contributed by atoms with Crippen LogP contribution in [0.4, 0.5) is 5.69 Å². The average Bonchev–Trinajstić information content (AvgIpc) is 2.42. The SMILES string of the molecule is Nc1c(Cl)cc(C(O)CNCCCCCC(=O)O)cc1Cl. The highest BCUT2D eigenvalue weighted by molar-refractivity contribution is 6.38. The van der Waals surface area contributed by atoms with Crippen LogP contribution in [0.5, 0.6) is 0 Å². The number of carboxylic acid groups (broad SMARTS) is 1. The number of nitrogen functional groups attached to an aromatic ring is 1. The zero-order valence-electron chi connectivity index (χ0n) is 11.6. The highest BCUT2D eigenvalue weighted by Crippen LogP contribution is 2.31. The second-order valence-corrected chi connectivity index (χ2v) is 5.64. The number of nitrogens with two attached hydrogens (primary N) is 1. The highest BCUT2D eigenvalue weighted by Gasteiger charge is 2.11. The lowest BCUT2D eigenvalue weighted by Gasteiger charge is -2.14. The molecule has 1 rings (SSSR count). The summed E-state index contributed by atoms with van der Waals surface area (Å²) in [5.74, 6) is -0.768. The molecule has 0 amide bonds. The van der Waals surface area contributed by atoms with E-state index in [-0.39, 0.29) is 6.42 Å². The fraction of sp³-hybridized carbons (Fsp3) is 0.500. The quantitative estimate of drug-likeness (QED) is 0.411. The third kappa shape index (κ3) is 6.52. The molecule has 0 aromatic heterocycles. The minimum atomic E-state index is -0.768. The number of benzene rings is 1. The van der Waals surface area contributed by atoms with E-state index in [0.717, 1.165) is 12.8 Å². The maximum Gasteiger partial charge on any atom is 0.303 e. The molecular formula is C14H20Cl2N2O3. The van der Waals surface area contributed by atoms with Crippen LogP contribution < -0.4 is 11.1 Å². The van der Waals surface area contributed by atoms with Crippen molar-refractivity contribution in [3.63, 3.8) is 0 Å². The smallest absolute Gasteiger partial charge is 0.303 e. The molecule has 0 spiro atoms. The summed E-state index contributed by atoms with van der Waals surface area (Å²) < 4.78 is 0. The molecule has 1 aromatic carbocycles. The first-order valence-corrected chi connectivity index (χ1v) is 7.52. The Morgan fingerprint density at radius 2 is 1.86 bits per heavy atom. The first kappa shape index (κ1) is 18.0. The molecule has 7 heteroatoms. The highest BCUT2D eigenvalue weighted by atomic mass is 35.5. The van der Waals surface area contributed by atoms with Crippen LogP contribution in [-0.2, 0) is 4.79 Å². The van der Waals surface area contributed by atoms with Gasteiger partial charge in [0.15, 0.2) is 0 Å². The molecule has 0 aliphatic heterocycles. The normalized spacial score (nSPS) is 12.3. The van der Waals surface area contributed by atoms with E-state index < -0.39 is 12.1 Å². The number of hydrogen-bond acceptors (Lipinski definition) is 4. The number of hydrogen-bond donors (Lipinski definition) is 4. The van der Waals surface area contributed by atoms with E-state index >= 15 is 0 Å². The molecule has 1 aromatic rings. The molecule has 1 unspecified atom stereocenters. The molecule has 0 bridgehead atoms. The number of aliphatic carboxylic acids is 1. The summed E-state index contributed by atoms with van der Waals surface area (Å²) in [7, 11) is 0. The molecule has 5 nitrogen and oxygen atoms in total. The van der Waals surface area contributed by atoms with Gasteiger partial charge in [0, 0.05) is 13.0 Å². The third-order valence-corrected chi connectivity index (χ3v) is 3.69. The van der Waals surface area contributed by atoms with Gasteiger partial charge in [-0.05, 0) is 37.1 Å². The zero-order chi connectivity index (χ0) is 15.8. The van der Waals surface area contributed by atoms with Crippen LogP contribution in [-0.4, -0.2) is 29.3 Å². The standard InChI is InChI=1S/C14H20Cl2N2O3/c15-10-6-9(7-11(16)14(10)17)12(19)8-18-5-3-1-2-4-13(20)21/h6-7,12,18-19H,1-5,8,17H2,(H,20,21). The maximum absolute atomic E-state index is 10.3. The number of carboxylic acids is 1. The van der Waals surface area contributed by atoms with Gasteiger partial charge in [0.05, 0.1) is 21.8 Å². The number of carbonyl (C=O) groups is 1. The van der Waals surface area contributed by atoms with Crippen molar-refractivity contribution >= 4 is 34.9 Å². The van der Waals surface area contributed by atoms with E-state index in [1.54, 1.807) is 12.1 Å². The van der Waals surface area contributed by atoms with Gasteiger partial charge in [-0.15, -0.1) is 0 Å². The summed E-state index contributed by atoms with van der Waals surface area (Å²) >= 11 is 11.8. The van der Waals surface area contributed by atoms with Gasteiger partial charge in [-0.25, -0.2) is 0 Å². The second-order valence-electron chi connectivity index (χ2n) is 4.82. The average molecular weight is 335 g/mol. The van der Waals surface area contributed by atoms with Gasteiger partial charge in [-0.1, -0.05) is 29.6 Å². The van der Waals surface area contributed by atoms with Gasteiger partial charge >= 0.3 is 5.97 Å². The molecule has 0 aliphatic rings. The van der Waals surface area contributed by atoms with E-state index in [1.807, 2.05) is 0 Å². The van der Waals surface area contributed by atoms with Gasteiger partial charge < -0.3 is 21.3 Å². The summed E-state index contributed by atoms with van der Waals surface area (Å²) in [5, 5.41) is 22.3. The topological polar surface area (TPSA) is 95.6 Å². The predicted molar refractivity (Wildman–Crippen MR) is 84.8 cm³/mol. The van der Waals surface area contributed by atoms with E-state index in [2.05, 4.69) is 5.32 Å². The van der Waals surface area contributed by atoms with E-state index in [1.165, 1.54) is 0 Å². The monoisotopic (exact) mass is 334 g/mol. The summed E-state index contributed by atoms with van der Waals surface area (Å²) in [6.45, 7) is 1.09. The minimum Gasteiger partial charge on any atom is -0.481 e. The van der Waals surface area contributed by atoms with E-state index in [4.69, 9.17) is 34.0 Å². The molecule has 0 fully saturated rings. The van der Waals surface area contributed by atoms with Crippen LogP contribution in [0.3, 0.4) is 0 Å². The Bertz CT molecular complexity index is 460. The lowest BCUT2D eigenvalue weighted by atomic mass is 10.1. The van der Waals surface area contributed by atoms with Crippen molar-refractivity contribution in [3.05, 3.63) is 27.7 Å². The maximum atomic E-state index is 10.3. The van der Waals surface area contributed by atoms with Crippen molar-refractivity contribution in [3.8, 4) is 0 Å². The van der Waals surface area contributed by atoms with Crippen molar-refractivity contribution in [2.24, 2.45) is 0 Å². The van der Waals surface area contributed by atoms with Crippen molar-refractivity contribution in [1.82, 2.24) is 5.32 Å². The summed E-state index contributed by atoms with van der Waals surface area (Å²) in [4.78, 5) is 10.3. The van der Waals surface area contributed by atoms with Gasteiger partial charge in [0.25, 0.3) is 0 Å². The Balaban J connectivity index is 2.28.